The van der Waals surface area contributed by atoms with Crippen molar-refractivity contribution in [1.29, 1.82) is 0 Å². The summed E-state index contributed by atoms with van der Waals surface area (Å²) < 4.78 is 26.6. The molecule has 14 heavy (non-hydrogen) atoms. The van der Waals surface area contributed by atoms with Gasteiger partial charge < -0.3 is 0 Å². The number of aromatic nitrogens is 2. The van der Waals surface area contributed by atoms with Crippen molar-refractivity contribution in [2.45, 2.75) is 13.1 Å². The molecule has 0 aliphatic carbocycles. The van der Waals surface area contributed by atoms with Crippen LogP contribution in [0.15, 0.2) is 10.7 Å². The number of hydrogen-bond donors (Lipinski definition) is 0. The monoisotopic (exact) mass is 279 g/mol. The second-order valence-electron chi connectivity index (χ2n) is 3.28. The van der Waals surface area contributed by atoms with Crippen molar-refractivity contribution < 1.29 is 8.42 Å². The van der Waals surface area contributed by atoms with Crippen molar-refractivity contribution in [2.75, 3.05) is 12.8 Å². The van der Waals surface area contributed by atoms with Crippen LogP contribution in [0.3, 0.4) is 0 Å². The van der Waals surface area contributed by atoms with E-state index < -0.39 is 10.0 Å². The third-order valence-electron chi connectivity index (χ3n) is 2.20. The first-order valence-electron chi connectivity index (χ1n) is 4.14. The molecule has 1 aromatic rings. The summed E-state index contributed by atoms with van der Waals surface area (Å²) >= 11 is 3.26. The van der Waals surface area contributed by atoms with Crippen molar-refractivity contribution >= 4 is 26.0 Å². The van der Waals surface area contributed by atoms with Gasteiger partial charge in [0.2, 0.25) is 10.0 Å². The van der Waals surface area contributed by atoms with E-state index in [0.29, 0.717) is 19.6 Å². The molecule has 1 aliphatic heterocycles. The topological polar surface area (TPSA) is 55.2 Å². The first kappa shape index (κ1) is 10.1. The van der Waals surface area contributed by atoms with Gasteiger partial charge in [0.25, 0.3) is 0 Å². The second kappa shape index (κ2) is 3.32. The van der Waals surface area contributed by atoms with Gasteiger partial charge in [-0.1, -0.05) is 0 Å². The Morgan fingerprint density at radius 3 is 2.86 bits per heavy atom. The molecule has 0 atom stereocenters. The van der Waals surface area contributed by atoms with Crippen LogP contribution in [0.4, 0.5) is 0 Å². The molecule has 5 nitrogen and oxygen atoms in total. The number of fused-ring (bicyclic) bond motifs is 1. The van der Waals surface area contributed by atoms with Crippen LogP contribution in [-0.4, -0.2) is 35.3 Å². The van der Waals surface area contributed by atoms with E-state index in [1.54, 1.807) is 0 Å². The summed E-state index contributed by atoms with van der Waals surface area (Å²) in [4.78, 5) is 0. The predicted octanol–water partition coefficient (Wildman–Crippen LogP) is 0.421. The number of nitrogens with zero attached hydrogens (tertiary/aromatic N) is 3. The predicted molar refractivity (Wildman–Crippen MR) is 55.2 cm³/mol. The average molecular weight is 280 g/mol. The van der Waals surface area contributed by atoms with Gasteiger partial charge in [0.1, 0.15) is 4.60 Å². The van der Waals surface area contributed by atoms with Gasteiger partial charge in [-0.3, -0.25) is 4.68 Å². The second-order valence-corrected chi connectivity index (χ2v) is 6.07. The molecule has 0 saturated heterocycles. The highest BCUT2D eigenvalue weighted by Crippen LogP contribution is 2.18. The quantitative estimate of drug-likeness (QED) is 0.749. The van der Waals surface area contributed by atoms with Crippen molar-refractivity contribution in [2.24, 2.45) is 0 Å². The van der Waals surface area contributed by atoms with Crippen LogP contribution in [0, 0.1) is 0 Å². The molecule has 2 heterocycles. The minimum absolute atomic E-state index is 0.414. The number of rotatable bonds is 1. The Kier molecular flexibility index (Phi) is 2.40. The van der Waals surface area contributed by atoms with Crippen LogP contribution in [0.2, 0.25) is 0 Å². The molecule has 78 valence electrons. The summed E-state index contributed by atoms with van der Waals surface area (Å²) in [5.41, 5.74) is 0.925. The molecule has 0 aromatic carbocycles. The lowest BCUT2D eigenvalue weighted by Gasteiger charge is -2.25. The normalized spacial score (nSPS) is 18.1. The summed E-state index contributed by atoms with van der Waals surface area (Å²) in [6.07, 6.45) is 1.23. The van der Waals surface area contributed by atoms with Crippen molar-refractivity contribution in [1.82, 2.24) is 14.1 Å². The van der Waals surface area contributed by atoms with E-state index in [9.17, 15) is 8.42 Å². The highest BCUT2D eigenvalue weighted by Gasteiger charge is 2.23. The molecule has 2 rings (SSSR count). The van der Waals surface area contributed by atoms with Gasteiger partial charge in [-0.05, 0) is 22.0 Å². The smallest absolute Gasteiger partial charge is 0.211 e. The van der Waals surface area contributed by atoms with Crippen LogP contribution in [-0.2, 0) is 23.1 Å². The summed E-state index contributed by atoms with van der Waals surface area (Å²) in [6, 6.07) is 1.84. The summed E-state index contributed by atoms with van der Waals surface area (Å²) in [7, 11) is -3.08. The highest BCUT2D eigenvalue weighted by molar-refractivity contribution is 9.10. The van der Waals surface area contributed by atoms with E-state index in [2.05, 4.69) is 21.0 Å². The van der Waals surface area contributed by atoms with Crippen LogP contribution in [0.1, 0.15) is 5.69 Å². The van der Waals surface area contributed by atoms with E-state index >= 15 is 0 Å². The molecule has 7 heteroatoms. The minimum atomic E-state index is -3.08. The molecule has 0 spiro atoms. The van der Waals surface area contributed by atoms with Crippen LogP contribution >= 0.6 is 15.9 Å². The fraction of sp³-hybridized carbons (Fsp3) is 0.571. The Labute approximate surface area is 90.9 Å². The zero-order chi connectivity index (χ0) is 10.3. The Hall–Kier alpha value is -0.400. The molecule has 0 fully saturated rings. The molecule has 0 radical (unpaired) electrons. The standard InChI is InChI=1S/C7H10BrN3O2S/c1-14(12,13)10-2-3-11-6(5-10)4-7(8)9-11/h4H,2-3,5H2,1H3. The molecular weight excluding hydrogens is 270 g/mol. The fourth-order valence-corrected chi connectivity index (χ4v) is 2.73. The number of sulfonamides is 1. The first-order chi connectivity index (χ1) is 6.47. The Balaban J connectivity index is 2.30. The molecule has 1 aliphatic rings. The Bertz CT molecular complexity index is 454. The van der Waals surface area contributed by atoms with Gasteiger partial charge in [0.05, 0.1) is 25.0 Å². The maximum absolute atomic E-state index is 11.3. The zero-order valence-electron chi connectivity index (χ0n) is 7.64. The van der Waals surface area contributed by atoms with Crippen molar-refractivity contribution in [3.63, 3.8) is 0 Å². The molecular formula is C7H10BrN3O2S. The van der Waals surface area contributed by atoms with Crippen LogP contribution in [0.5, 0.6) is 0 Å². The summed E-state index contributed by atoms with van der Waals surface area (Å²) in [6.45, 7) is 1.53. The van der Waals surface area contributed by atoms with Crippen molar-refractivity contribution in [3.05, 3.63) is 16.4 Å². The fourth-order valence-electron chi connectivity index (χ4n) is 1.49. The largest absolute Gasteiger partial charge is 0.266 e. The van der Waals surface area contributed by atoms with E-state index in [1.165, 1.54) is 10.6 Å². The van der Waals surface area contributed by atoms with Crippen LogP contribution in [0.25, 0.3) is 0 Å². The molecule has 1 aromatic heterocycles. The minimum Gasteiger partial charge on any atom is -0.266 e. The van der Waals surface area contributed by atoms with E-state index in [4.69, 9.17) is 0 Å². The lowest BCUT2D eigenvalue weighted by Crippen LogP contribution is -2.37. The maximum Gasteiger partial charge on any atom is 0.211 e. The van der Waals surface area contributed by atoms with E-state index in [1.807, 2.05) is 10.7 Å². The number of halogens is 1. The lowest BCUT2D eigenvalue weighted by atomic mass is 10.3. The van der Waals surface area contributed by atoms with Gasteiger partial charge >= 0.3 is 0 Å². The lowest BCUT2D eigenvalue weighted by molar-refractivity contribution is 0.328. The zero-order valence-corrected chi connectivity index (χ0v) is 10.0. The Morgan fingerprint density at radius 1 is 1.50 bits per heavy atom. The van der Waals surface area contributed by atoms with Gasteiger partial charge in [-0.25, -0.2) is 8.42 Å². The molecule has 0 unspecified atom stereocenters. The maximum atomic E-state index is 11.3. The molecule has 0 saturated carbocycles. The molecule has 0 amide bonds. The van der Waals surface area contributed by atoms with E-state index in [0.717, 1.165) is 10.3 Å². The average Bonchev–Trinajstić information content (AvgIpc) is 2.41. The first-order valence-corrected chi connectivity index (χ1v) is 6.78. The van der Waals surface area contributed by atoms with Crippen LogP contribution < -0.4 is 0 Å². The van der Waals surface area contributed by atoms with Crippen molar-refractivity contribution in [3.8, 4) is 0 Å². The summed E-state index contributed by atoms with van der Waals surface area (Å²) in [5, 5.41) is 4.18. The molecule has 0 N–H and O–H groups in total. The van der Waals surface area contributed by atoms with E-state index in [-0.39, 0.29) is 0 Å². The van der Waals surface area contributed by atoms with Gasteiger partial charge in [0.15, 0.2) is 0 Å². The number of hydrogen-bond acceptors (Lipinski definition) is 3. The third-order valence-corrected chi connectivity index (χ3v) is 3.84. The Morgan fingerprint density at radius 2 is 2.21 bits per heavy atom. The van der Waals surface area contributed by atoms with Gasteiger partial charge in [0, 0.05) is 6.54 Å². The van der Waals surface area contributed by atoms with Gasteiger partial charge in [-0.2, -0.15) is 9.40 Å². The third kappa shape index (κ3) is 1.84. The highest BCUT2D eigenvalue weighted by atomic mass is 79.9. The SMILES string of the molecule is CS(=O)(=O)N1CCn2nc(Br)cc2C1. The summed E-state index contributed by atoms with van der Waals surface area (Å²) in [5.74, 6) is 0. The molecule has 0 bridgehead atoms. The van der Waals surface area contributed by atoms with Gasteiger partial charge in [-0.15, -0.1) is 0 Å².